The van der Waals surface area contributed by atoms with Crippen LogP contribution in [0.1, 0.15) is 11.1 Å². The van der Waals surface area contributed by atoms with E-state index >= 15 is 0 Å². The molecule has 1 saturated heterocycles. The average Bonchev–Trinajstić information content (AvgIpc) is 3.20. The summed E-state index contributed by atoms with van der Waals surface area (Å²) >= 11 is 0. The van der Waals surface area contributed by atoms with E-state index in [1.54, 1.807) is 10.8 Å². The number of nitrogens with zero attached hydrogens (tertiary/aromatic N) is 2. The Morgan fingerprint density at radius 3 is 2.62 bits per heavy atom. The number of carbonyl (C=O) groups is 4. The molecule has 4 amide bonds. The molecule has 9 nitrogen and oxygen atoms in total. The van der Waals surface area contributed by atoms with E-state index in [1.807, 2.05) is 55.5 Å². The van der Waals surface area contributed by atoms with Gasteiger partial charge < -0.3 is 20.3 Å². The Hall–Kier alpha value is -4.40. The normalized spacial score (nSPS) is 14.8. The minimum absolute atomic E-state index is 0.0247. The molecule has 3 N–H and O–H groups in total. The molecule has 0 aliphatic carbocycles. The van der Waals surface area contributed by atoms with Gasteiger partial charge in [0.1, 0.15) is 18.8 Å². The van der Waals surface area contributed by atoms with Gasteiger partial charge >= 0.3 is 12.0 Å². The van der Waals surface area contributed by atoms with Crippen molar-refractivity contribution in [1.82, 2.24) is 14.8 Å². The fourth-order valence-electron chi connectivity index (χ4n) is 3.61. The number of benzene rings is 2. The van der Waals surface area contributed by atoms with Crippen molar-refractivity contribution in [3.63, 3.8) is 0 Å². The number of hydrogen-bond acceptors (Lipinski definition) is 4. The zero-order valence-corrected chi connectivity index (χ0v) is 17.2. The highest BCUT2D eigenvalue weighted by atomic mass is 16.4. The zero-order chi connectivity index (χ0) is 22.8. The van der Waals surface area contributed by atoms with Crippen LogP contribution in [0.4, 0.5) is 10.5 Å². The first-order chi connectivity index (χ1) is 15.3. The molecule has 1 aliphatic heterocycles. The summed E-state index contributed by atoms with van der Waals surface area (Å²) in [6, 6.07) is 14.1. The first kappa shape index (κ1) is 20.9. The number of aliphatic carboxylic acids is 1. The molecule has 4 rings (SSSR count). The first-order valence-electron chi connectivity index (χ1n) is 9.82. The lowest BCUT2D eigenvalue weighted by atomic mass is 10.1. The van der Waals surface area contributed by atoms with Gasteiger partial charge in [-0.15, -0.1) is 0 Å². The van der Waals surface area contributed by atoms with E-state index in [-0.39, 0.29) is 18.1 Å². The van der Waals surface area contributed by atoms with Crippen LogP contribution in [0, 0.1) is 6.92 Å². The summed E-state index contributed by atoms with van der Waals surface area (Å²) in [4.78, 5) is 48.6. The fourth-order valence-corrected chi connectivity index (χ4v) is 3.61. The van der Waals surface area contributed by atoms with Gasteiger partial charge in [0.15, 0.2) is 0 Å². The van der Waals surface area contributed by atoms with Gasteiger partial charge in [-0.25, -0.2) is 9.69 Å². The van der Waals surface area contributed by atoms with Crippen LogP contribution in [0.15, 0.2) is 60.4 Å². The average molecular weight is 432 g/mol. The quantitative estimate of drug-likeness (QED) is 0.408. The van der Waals surface area contributed by atoms with Gasteiger partial charge in [-0.2, -0.15) is 0 Å². The molecule has 0 radical (unpaired) electrons. The number of nitrogens with one attached hydrogen (secondary N) is 2. The minimum atomic E-state index is -1.29. The van der Waals surface area contributed by atoms with E-state index in [9.17, 15) is 19.2 Å². The van der Waals surface area contributed by atoms with Gasteiger partial charge in [0.2, 0.25) is 5.91 Å². The standard InChI is InChI=1S/C23H20N4O5/c1-14-5-4-6-16(9-14)24-20(28)12-26-11-15(17-7-2-3-8-19(17)26)10-18-22(31)27(13-21(29)30)23(32)25-18/h2-11H,12-13H2,1H3,(H,24,28)(H,25,32)(H,29,30)/b18-10+. The van der Waals surface area contributed by atoms with Gasteiger partial charge in [-0.3, -0.25) is 14.4 Å². The molecule has 32 heavy (non-hydrogen) atoms. The second kappa shape index (κ2) is 8.38. The van der Waals surface area contributed by atoms with Gasteiger partial charge in [0.05, 0.1) is 0 Å². The van der Waals surface area contributed by atoms with Crippen molar-refractivity contribution >= 4 is 46.5 Å². The van der Waals surface area contributed by atoms with Crippen LogP contribution < -0.4 is 10.6 Å². The molecular weight excluding hydrogens is 412 g/mol. The number of anilines is 1. The third kappa shape index (κ3) is 4.22. The van der Waals surface area contributed by atoms with Crippen molar-refractivity contribution in [2.75, 3.05) is 11.9 Å². The third-order valence-electron chi connectivity index (χ3n) is 4.99. The van der Waals surface area contributed by atoms with Crippen molar-refractivity contribution in [3.8, 4) is 0 Å². The Kier molecular flexibility index (Phi) is 5.46. The molecule has 2 heterocycles. The Bertz CT molecular complexity index is 1290. The van der Waals surface area contributed by atoms with E-state index in [2.05, 4.69) is 10.6 Å². The number of carbonyl (C=O) groups excluding carboxylic acids is 3. The molecule has 0 atom stereocenters. The summed E-state index contributed by atoms with van der Waals surface area (Å²) in [7, 11) is 0. The van der Waals surface area contributed by atoms with E-state index in [0.717, 1.165) is 16.5 Å². The number of hydrogen-bond donors (Lipinski definition) is 3. The Balaban J connectivity index is 1.61. The molecule has 0 bridgehead atoms. The molecular formula is C23H20N4O5. The maximum absolute atomic E-state index is 12.6. The molecule has 2 aromatic carbocycles. The largest absolute Gasteiger partial charge is 0.480 e. The van der Waals surface area contributed by atoms with Crippen LogP contribution in [0.5, 0.6) is 0 Å². The van der Waals surface area contributed by atoms with Gasteiger partial charge in [-0.1, -0.05) is 30.3 Å². The number of para-hydroxylation sites is 1. The van der Waals surface area contributed by atoms with Gasteiger partial charge in [0.25, 0.3) is 5.91 Å². The highest BCUT2D eigenvalue weighted by Crippen LogP contribution is 2.25. The summed E-state index contributed by atoms with van der Waals surface area (Å²) in [5.74, 6) is -2.22. The van der Waals surface area contributed by atoms with E-state index in [0.29, 0.717) is 16.2 Å². The molecule has 0 spiro atoms. The van der Waals surface area contributed by atoms with Crippen molar-refractivity contribution < 1.29 is 24.3 Å². The second-order valence-corrected chi connectivity index (χ2v) is 7.42. The number of aromatic nitrogens is 1. The highest BCUT2D eigenvalue weighted by Gasteiger charge is 2.35. The first-order valence-corrected chi connectivity index (χ1v) is 9.82. The number of fused-ring (bicyclic) bond motifs is 1. The Labute approximate surface area is 182 Å². The summed E-state index contributed by atoms with van der Waals surface area (Å²) in [5, 5.41) is 15.0. The predicted octanol–water partition coefficient (Wildman–Crippen LogP) is 2.57. The number of urea groups is 1. The number of imide groups is 1. The van der Waals surface area contributed by atoms with Gasteiger partial charge in [-0.05, 0) is 36.8 Å². The van der Waals surface area contributed by atoms with Gasteiger partial charge in [0, 0.05) is 28.4 Å². The van der Waals surface area contributed by atoms with Crippen molar-refractivity contribution in [2.45, 2.75) is 13.5 Å². The predicted molar refractivity (Wildman–Crippen MR) is 118 cm³/mol. The van der Waals surface area contributed by atoms with E-state index < -0.39 is 24.5 Å². The topological polar surface area (TPSA) is 121 Å². The molecule has 0 unspecified atom stereocenters. The maximum atomic E-state index is 12.6. The molecule has 9 heteroatoms. The smallest absolute Gasteiger partial charge is 0.329 e. The lowest BCUT2D eigenvalue weighted by molar-refractivity contribution is -0.140. The van der Waals surface area contributed by atoms with Crippen molar-refractivity contribution in [2.24, 2.45) is 0 Å². The molecule has 162 valence electrons. The highest BCUT2D eigenvalue weighted by molar-refractivity contribution is 6.15. The SMILES string of the molecule is Cc1cccc(NC(=O)Cn2cc(/C=C3/NC(=O)N(CC(=O)O)C3=O)c3ccccc32)c1. The summed E-state index contributed by atoms with van der Waals surface area (Å²) in [5.41, 5.74) is 3.10. The maximum Gasteiger partial charge on any atom is 0.329 e. The number of carboxylic acid groups (broad SMARTS) is 1. The molecule has 0 saturated carbocycles. The molecule has 3 aromatic rings. The second-order valence-electron chi connectivity index (χ2n) is 7.42. The van der Waals surface area contributed by atoms with E-state index in [4.69, 9.17) is 5.11 Å². The number of carboxylic acids is 1. The zero-order valence-electron chi connectivity index (χ0n) is 17.2. The summed E-state index contributed by atoms with van der Waals surface area (Å²) < 4.78 is 1.75. The minimum Gasteiger partial charge on any atom is -0.480 e. The summed E-state index contributed by atoms with van der Waals surface area (Å²) in [6.45, 7) is 1.27. The molecule has 1 aromatic heterocycles. The lowest BCUT2D eigenvalue weighted by Crippen LogP contribution is -2.35. The third-order valence-corrected chi connectivity index (χ3v) is 4.99. The Morgan fingerprint density at radius 1 is 1.09 bits per heavy atom. The van der Waals surface area contributed by atoms with Crippen molar-refractivity contribution in [3.05, 3.63) is 71.6 Å². The van der Waals surface area contributed by atoms with Crippen LogP contribution in [0.25, 0.3) is 17.0 Å². The molecule has 1 aliphatic rings. The van der Waals surface area contributed by atoms with Crippen LogP contribution in [-0.4, -0.2) is 44.9 Å². The lowest BCUT2D eigenvalue weighted by Gasteiger charge is -2.08. The number of amides is 4. The van der Waals surface area contributed by atoms with Crippen LogP contribution in [-0.2, 0) is 20.9 Å². The summed E-state index contributed by atoms with van der Waals surface area (Å²) in [6.07, 6.45) is 3.20. The number of rotatable bonds is 6. The van der Waals surface area contributed by atoms with Crippen LogP contribution in [0.3, 0.4) is 0 Å². The van der Waals surface area contributed by atoms with E-state index in [1.165, 1.54) is 6.08 Å². The van der Waals surface area contributed by atoms with Crippen LogP contribution >= 0.6 is 0 Å². The number of aryl methyl sites for hydroxylation is 1. The van der Waals surface area contributed by atoms with Crippen molar-refractivity contribution in [1.29, 1.82) is 0 Å². The van der Waals surface area contributed by atoms with Crippen LogP contribution in [0.2, 0.25) is 0 Å². The monoisotopic (exact) mass is 432 g/mol. The molecule has 1 fully saturated rings. The Morgan fingerprint density at radius 2 is 1.88 bits per heavy atom. The fraction of sp³-hybridized carbons (Fsp3) is 0.130.